The van der Waals surface area contributed by atoms with Crippen molar-refractivity contribution in [1.29, 1.82) is 0 Å². The van der Waals surface area contributed by atoms with E-state index in [-0.39, 0.29) is 11.9 Å². The van der Waals surface area contributed by atoms with Crippen molar-refractivity contribution in [2.24, 2.45) is 0 Å². The van der Waals surface area contributed by atoms with Gasteiger partial charge in [0.05, 0.1) is 12.2 Å². The molecule has 0 atom stereocenters. The molecule has 1 saturated heterocycles. The van der Waals surface area contributed by atoms with Crippen LogP contribution in [-0.4, -0.2) is 52.1 Å². The predicted octanol–water partition coefficient (Wildman–Crippen LogP) is 4.08. The maximum atomic E-state index is 12.5. The molecule has 1 aromatic heterocycles. The van der Waals surface area contributed by atoms with Crippen LogP contribution in [0.1, 0.15) is 47.1 Å². The number of esters is 1. The minimum atomic E-state index is -0.302. The number of ether oxygens (including phenoxy) is 1. The summed E-state index contributed by atoms with van der Waals surface area (Å²) in [4.78, 5) is 27.8. The predicted molar refractivity (Wildman–Crippen MR) is 122 cm³/mol. The quantitative estimate of drug-likeness (QED) is 0.302. The van der Waals surface area contributed by atoms with Crippen LogP contribution in [0.2, 0.25) is 0 Å². The van der Waals surface area contributed by atoms with E-state index in [2.05, 4.69) is 11.5 Å². The maximum absolute atomic E-state index is 12.5. The zero-order valence-electron chi connectivity index (χ0n) is 18.1. The lowest BCUT2D eigenvalue weighted by Gasteiger charge is -2.12. The molecule has 158 valence electrons. The van der Waals surface area contributed by atoms with Gasteiger partial charge in [0, 0.05) is 31.2 Å². The van der Waals surface area contributed by atoms with Crippen LogP contribution in [0, 0.1) is 13.8 Å². The molecule has 0 bridgehead atoms. The molecule has 0 spiro atoms. The number of thiocarbonyl (C=S) groups is 1. The highest BCUT2D eigenvalue weighted by Gasteiger charge is 2.33. The van der Waals surface area contributed by atoms with E-state index in [1.165, 1.54) is 4.90 Å². The standard InChI is InChI=1S/C23H27N3O3S/c1-6-7-12-29-22(28)17-8-10-19(11-9-17)26-15(2)13-18(16(26)3)14-20-21(27)25(5)23(30)24(20)4/h8-11,13-14H,6-7,12H2,1-5H3/b20-14-. The maximum Gasteiger partial charge on any atom is 0.338 e. The summed E-state index contributed by atoms with van der Waals surface area (Å²) in [5, 5.41) is 0.487. The molecule has 1 aliphatic rings. The molecule has 1 fully saturated rings. The Bertz CT molecular complexity index is 1020. The van der Waals surface area contributed by atoms with Gasteiger partial charge in [-0.25, -0.2) is 4.79 Å². The van der Waals surface area contributed by atoms with Crippen molar-refractivity contribution in [2.75, 3.05) is 20.7 Å². The smallest absolute Gasteiger partial charge is 0.338 e. The topological polar surface area (TPSA) is 54.8 Å². The third kappa shape index (κ3) is 4.03. The number of carbonyl (C=O) groups is 2. The fourth-order valence-electron chi connectivity index (χ4n) is 3.51. The summed E-state index contributed by atoms with van der Waals surface area (Å²) in [6.45, 7) is 6.52. The first-order valence-corrected chi connectivity index (χ1v) is 10.4. The van der Waals surface area contributed by atoms with Gasteiger partial charge in [-0.2, -0.15) is 0 Å². The largest absolute Gasteiger partial charge is 0.462 e. The number of benzene rings is 1. The monoisotopic (exact) mass is 425 g/mol. The first kappa shape index (κ1) is 21.8. The fourth-order valence-corrected chi connectivity index (χ4v) is 3.69. The van der Waals surface area contributed by atoms with Crippen LogP contribution < -0.4 is 0 Å². The molecule has 1 amide bonds. The van der Waals surface area contributed by atoms with E-state index in [1.807, 2.05) is 38.1 Å². The van der Waals surface area contributed by atoms with Crippen molar-refractivity contribution in [3.8, 4) is 5.69 Å². The number of nitrogens with zero attached hydrogens (tertiary/aromatic N) is 3. The molecule has 0 N–H and O–H groups in total. The lowest BCUT2D eigenvalue weighted by molar-refractivity contribution is -0.121. The van der Waals surface area contributed by atoms with Crippen molar-refractivity contribution >= 4 is 35.3 Å². The lowest BCUT2D eigenvalue weighted by Crippen LogP contribution is -2.26. The Morgan fingerprint density at radius 2 is 1.80 bits per heavy atom. The first-order chi connectivity index (χ1) is 14.3. The highest BCUT2D eigenvalue weighted by Crippen LogP contribution is 2.26. The number of aromatic nitrogens is 1. The van der Waals surface area contributed by atoms with Gasteiger partial charge in [0.1, 0.15) is 5.70 Å². The molecule has 0 aliphatic carbocycles. The molecule has 2 aromatic rings. The van der Waals surface area contributed by atoms with E-state index < -0.39 is 0 Å². The second kappa shape index (κ2) is 8.83. The molecule has 3 rings (SSSR count). The second-order valence-electron chi connectivity index (χ2n) is 7.43. The van der Waals surface area contributed by atoms with Crippen LogP contribution in [0.25, 0.3) is 11.8 Å². The van der Waals surface area contributed by atoms with Crippen molar-refractivity contribution in [1.82, 2.24) is 14.4 Å². The Morgan fingerprint density at radius 1 is 1.13 bits per heavy atom. The van der Waals surface area contributed by atoms with E-state index in [9.17, 15) is 9.59 Å². The Hall–Kier alpha value is -2.93. The molecule has 1 aliphatic heterocycles. The number of hydrogen-bond donors (Lipinski definition) is 0. The Labute approximate surface area is 182 Å². The number of amides is 1. The van der Waals surface area contributed by atoms with Gasteiger partial charge in [0.15, 0.2) is 5.11 Å². The third-order valence-electron chi connectivity index (χ3n) is 5.31. The molecule has 0 radical (unpaired) electrons. The Kier molecular flexibility index (Phi) is 6.41. The van der Waals surface area contributed by atoms with Gasteiger partial charge in [-0.05, 0) is 74.5 Å². The normalized spacial score (nSPS) is 15.4. The van der Waals surface area contributed by atoms with Crippen LogP contribution in [0.15, 0.2) is 36.0 Å². The van der Waals surface area contributed by atoms with Crippen molar-refractivity contribution in [3.05, 3.63) is 58.5 Å². The number of rotatable bonds is 6. The average Bonchev–Trinajstić information content (AvgIpc) is 3.11. The van der Waals surface area contributed by atoms with Crippen LogP contribution in [0.3, 0.4) is 0 Å². The molecule has 7 heteroatoms. The SMILES string of the molecule is CCCCOC(=O)c1ccc(-n2c(C)cc(/C=C3/C(=O)N(C)C(=S)N3C)c2C)cc1. The summed E-state index contributed by atoms with van der Waals surface area (Å²) in [7, 11) is 3.48. The minimum Gasteiger partial charge on any atom is -0.462 e. The van der Waals surface area contributed by atoms with E-state index in [4.69, 9.17) is 17.0 Å². The summed E-state index contributed by atoms with van der Waals surface area (Å²) >= 11 is 5.29. The molecule has 30 heavy (non-hydrogen) atoms. The number of carbonyl (C=O) groups excluding carboxylic acids is 2. The van der Waals surface area contributed by atoms with Gasteiger partial charge in [-0.3, -0.25) is 9.69 Å². The van der Waals surface area contributed by atoms with Gasteiger partial charge in [-0.15, -0.1) is 0 Å². The highest BCUT2D eigenvalue weighted by atomic mass is 32.1. The number of hydrogen-bond acceptors (Lipinski definition) is 4. The zero-order valence-corrected chi connectivity index (χ0v) is 18.9. The number of likely N-dealkylation sites (N-methyl/N-ethyl adjacent to an activating group) is 2. The summed E-state index contributed by atoms with van der Waals surface area (Å²) in [6, 6.07) is 9.41. The average molecular weight is 426 g/mol. The van der Waals surface area contributed by atoms with Crippen molar-refractivity contribution < 1.29 is 14.3 Å². The lowest BCUT2D eigenvalue weighted by atomic mass is 10.2. The van der Waals surface area contributed by atoms with Crippen molar-refractivity contribution in [2.45, 2.75) is 33.6 Å². The van der Waals surface area contributed by atoms with Gasteiger partial charge in [-0.1, -0.05) is 13.3 Å². The molecular formula is C23H27N3O3S. The number of aryl methyl sites for hydroxylation is 1. The third-order valence-corrected chi connectivity index (χ3v) is 5.86. The highest BCUT2D eigenvalue weighted by molar-refractivity contribution is 7.80. The van der Waals surface area contributed by atoms with Crippen LogP contribution in [-0.2, 0) is 9.53 Å². The molecular weight excluding hydrogens is 398 g/mol. The van der Waals surface area contributed by atoms with E-state index >= 15 is 0 Å². The fraction of sp³-hybridized carbons (Fsp3) is 0.348. The summed E-state index contributed by atoms with van der Waals surface area (Å²) in [5.41, 5.74) is 5.01. The van der Waals surface area contributed by atoms with Gasteiger partial charge in [0.2, 0.25) is 0 Å². The first-order valence-electron chi connectivity index (χ1n) is 10.00. The van der Waals surface area contributed by atoms with E-state index in [1.54, 1.807) is 31.1 Å². The molecule has 0 unspecified atom stereocenters. The Balaban J connectivity index is 1.88. The molecule has 2 heterocycles. The van der Waals surface area contributed by atoms with E-state index in [0.29, 0.717) is 23.0 Å². The minimum absolute atomic E-state index is 0.113. The summed E-state index contributed by atoms with van der Waals surface area (Å²) < 4.78 is 7.37. The van der Waals surface area contributed by atoms with Gasteiger partial charge < -0.3 is 14.2 Å². The molecule has 6 nitrogen and oxygen atoms in total. The molecule has 0 saturated carbocycles. The van der Waals surface area contributed by atoms with Crippen LogP contribution >= 0.6 is 12.2 Å². The van der Waals surface area contributed by atoms with Crippen LogP contribution in [0.5, 0.6) is 0 Å². The Morgan fingerprint density at radius 3 is 2.37 bits per heavy atom. The number of unbranched alkanes of at least 4 members (excludes halogenated alkanes) is 1. The van der Waals surface area contributed by atoms with Crippen molar-refractivity contribution in [3.63, 3.8) is 0 Å². The summed E-state index contributed by atoms with van der Waals surface area (Å²) in [5.74, 6) is -0.414. The van der Waals surface area contributed by atoms with Gasteiger partial charge >= 0.3 is 5.97 Å². The zero-order chi connectivity index (χ0) is 22.0. The second-order valence-corrected chi connectivity index (χ2v) is 7.80. The molecule has 1 aromatic carbocycles. The van der Waals surface area contributed by atoms with E-state index in [0.717, 1.165) is 35.5 Å². The summed E-state index contributed by atoms with van der Waals surface area (Å²) in [6.07, 6.45) is 3.72. The van der Waals surface area contributed by atoms with Gasteiger partial charge in [0.25, 0.3) is 5.91 Å². The van der Waals surface area contributed by atoms with Crippen LogP contribution in [0.4, 0.5) is 0 Å².